The minimum atomic E-state index is 0.688. The van der Waals surface area contributed by atoms with Crippen molar-refractivity contribution < 1.29 is 0 Å². The van der Waals surface area contributed by atoms with Crippen molar-refractivity contribution in [1.82, 2.24) is 0 Å². The smallest absolute Gasteiger partial charge is 0.0344 e. The van der Waals surface area contributed by atoms with Crippen LogP contribution >= 0.6 is 0 Å². The van der Waals surface area contributed by atoms with Crippen LogP contribution in [0.1, 0.15) is 25.0 Å². The van der Waals surface area contributed by atoms with Crippen molar-refractivity contribution in [2.75, 3.05) is 5.73 Å². The Labute approximate surface area is 110 Å². The van der Waals surface area contributed by atoms with Gasteiger partial charge in [-0.15, -0.1) is 0 Å². The highest BCUT2D eigenvalue weighted by Crippen LogP contribution is 2.24. The lowest BCUT2D eigenvalue weighted by molar-refractivity contribution is 0.647. The SMILES string of the molecule is Cc1cc(-c2cccc(CC(C)C)c2)ccc1N. The molecule has 2 aromatic rings. The maximum atomic E-state index is 5.86. The molecule has 2 rings (SSSR count). The third-order valence-electron chi connectivity index (χ3n) is 3.17. The van der Waals surface area contributed by atoms with Crippen molar-refractivity contribution in [3.8, 4) is 11.1 Å². The zero-order valence-corrected chi connectivity index (χ0v) is 11.4. The van der Waals surface area contributed by atoms with E-state index in [1.165, 1.54) is 16.7 Å². The molecule has 0 radical (unpaired) electrons. The van der Waals surface area contributed by atoms with E-state index in [0.29, 0.717) is 5.92 Å². The van der Waals surface area contributed by atoms with Gasteiger partial charge in [-0.25, -0.2) is 0 Å². The summed E-state index contributed by atoms with van der Waals surface area (Å²) in [5, 5.41) is 0. The minimum absolute atomic E-state index is 0.688. The molecule has 0 aromatic heterocycles. The third kappa shape index (κ3) is 2.92. The fourth-order valence-electron chi connectivity index (χ4n) is 2.20. The summed E-state index contributed by atoms with van der Waals surface area (Å²) < 4.78 is 0. The largest absolute Gasteiger partial charge is 0.399 e. The first kappa shape index (κ1) is 12.7. The summed E-state index contributed by atoms with van der Waals surface area (Å²) in [4.78, 5) is 0. The van der Waals surface area contributed by atoms with E-state index in [2.05, 4.69) is 57.2 Å². The maximum absolute atomic E-state index is 5.86. The lowest BCUT2D eigenvalue weighted by atomic mass is 9.97. The Balaban J connectivity index is 2.35. The lowest BCUT2D eigenvalue weighted by Crippen LogP contribution is -1.94. The van der Waals surface area contributed by atoms with Crippen molar-refractivity contribution in [1.29, 1.82) is 0 Å². The highest BCUT2D eigenvalue weighted by Gasteiger charge is 2.03. The highest BCUT2D eigenvalue weighted by molar-refractivity contribution is 5.68. The zero-order valence-electron chi connectivity index (χ0n) is 11.4. The number of hydrogen-bond acceptors (Lipinski definition) is 1. The number of rotatable bonds is 3. The first-order valence-corrected chi connectivity index (χ1v) is 6.51. The van der Waals surface area contributed by atoms with Gasteiger partial charge in [0, 0.05) is 5.69 Å². The molecule has 2 N–H and O–H groups in total. The van der Waals surface area contributed by atoms with Crippen molar-refractivity contribution in [2.45, 2.75) is 27.2 Å². The second kappa shape index (κ2) is 5.26. The molecule has 94 valence electrons. The van der Waals surface area contributed by atoms with Crippen molar-refractivity contribution in [3.05, 3.63) is 53.6 Å². The standard InChI is InChI=1S/C17H21N/c1-12(2)9-14-5-4-6-15(11-14)16-7-8-17(18)13(3)10-16/h4-8,10-12H,9,18H2,1-3H3. The average molecular weight is 239 g/mol. The molecule has 0 saturated carbocycles. The van der Waals surface area contributed by atoms with Crippen molar-refractivity contribution in [3.63, 3.8) is 0 Å². The van der Waals surface area contributed by atoms with Crippen LogP contribution in [0.15, 0.2) is 42.5 Å². The van der Waals surface area contributed by atoms with Crippen LogP contribution in [0.4, 0.5) is 5.69 Å². The first-order valence-electron chi connectivity index (χ1n) is 6.51. The molecule has 0 aliphatic heterocycles. The van der Waals surface area contributed by atoms with E-state index in [4.69, 9.17) is 5.73 Å². The van der Waals surface area contributed by atoms with Crippen LogP contribution in [0, 0.1) is 12.8 Å². The van der Waals surface area contributed by atoms with E-state index < -0.39 is 0 Å². The Morgan fingerprint density at radius 1 is 1.00 bits per heavy atom. The Kier molecular flexibility index (Phi) is 3.71. The normalized spacial score (nSPS) is 10.9. The molecule has 0 aliphatic carbocycles. The van der Waals surface area contributed by atoms with Gasteiger partial charge in [-0.2, -0.15) is 0 Å². The monoisotopic (exact) mass is 239 g/mol. The fraction of sp³-hybridized carbons (Fsp3) is 0.294. The van der Waals surface area contributed by atoms with Gasteiger partial charge in [0.1, 0.15) is 0 Å². The molecule has 0 fully saturated rings. The average Bonchev–Trinajstić information content (AvgIpc) is 2.32. The molecule has 0 bridgehead atoms. The number of hydrogen-bond donors (Lipinski definition) is 1. The quantitative estimate of drug-likeness (QED) is 0.787. The molecule has 1 nitrogen and oxygen atoms in total. The Hall–Kier alpha value is -1.76. The van der Waals surface area contributed by atoms with E-state index in [1.807, 2.05) is 6.07 Å². The van der Waals surface area contributed by atoms with Crippen LogP contribution in [0.2, 0.25) is 0 Å². The second-order valence-corrected chi connectivity index (χ2v) is 5.37. The molecule has 0 saturated heterocycles. The summed E-state index contributed by atoms with van der Waals surface area (Å²) in [5.74, 6) is 0.688. The van der Waals surface area contributed by atoms with Gasteiger partial charge in [0.05, 0.1) is 0 Å². The van der Waals surface area contributed by atoms with Gasteiger partial charge >= 0.3 is 0 Å². The highest BCUT2D eigenvalue weighted by atomic mass is 14.5. The van der Waals surface area contributed by atoms with Crippen LogP contribution < -0.4 is 5.73 Å². The summed E-state index contributed by atoms with van der Waals surface area (Å²) >= 11 is 0. The third-order valence-corrected chi connectivity index (χ3v) is 3.17. The van der Waals surface area contributed by atoms with E-state index >= 15 is 0 Å². The van der Waals surface area contributed by atoms with Gasteiger partial charge in [-0.1, -0.05) is 44.2 Å². The fourth-order valence-corrected chi connectivity index (χ4v) is 2.20. The second-order valence-electron chi connectivity index (χ2n) is 5.37. The lowest BCUT2D eigenvalue weighted by Gasteiger charge is -2.09. The molecule has 0 unspecified atom stereocenters. The number of benzene rings is 2. The molecule has 18 heavy (non-hydrogen) atoms. The van der Waals surface area contributed by atoms with Crippen LogP contribution in [-0.2, 0) is 6.42 Å². The van der Waals surface area contributed by atoms with Gasteiger partial charge < -0.3 is 5.73 Å². The van der Waals surface area contributed by atoms with Crippen LogP contribution in [-0.4, -0.2) is 0 Å². The molecule has 2 aromatic carbocycles. The van der Waals surface area contributed by atoms with E-state index in [9.17, 15) is 0 Å². The van der Waals surface area contributed by atoms with Crippen molar-refractivity contribution >= 4 is 5.69 Å². The minimum Gasteiger partial charge on any atom is -0.399 e. The van der Waals surface area contributed by atoms with E-state index in [-0.39, 0.29) is 0 Å². The summed E-state index contributed by atoms with van der Waals surface area (Å²) in [6.45, 7) is 6.55. The topological polar surface area (TPSA) is 26.0 Å². The molecule has 0 atom stereocenters. The Morgan fingerprint density at radius 2 is 1.72 bits per heavy atom. The molecular formula is C17H21N. The summed E-state index contributed by atoms with van der Waals surface area (Å²) in [6.07, 6.45) is 1.13. The molecule has 1 heteroatoms. The Morgan fingerprint density at radius 3 is 2.39 bits per heavy atom. The number of aryl methyl sites for hydroxylation is 1. The van der Waals surface area contributed by atoms with Crippen LogP contribution in [0.5, 0.6) is 0 Å². The predicted molar refractivity (Wildman–Crippen MR) is 79.6 cm³/mol. The van der Waals surface area contributed by atoms with E-state index in [0.717, 1.165) is 17.7 Å². The summed E-state index contributed by atoms with van der Waals surface area (Å²) in [5.41, 5.74) is 11.8. The van der Waals surface area contributed by atoms with Crippen LogP contribution in [0.3, 0.4) is 0 Å². The van der Waals surface area contributed by atoms with Gasteiger partial charge in [-0.3, -0.25) is 0 Å². The predicted octanol–water partition coefficient (Wildman–Crippen LogP) is 4.44. The molecule has 0 heterocycles. The number of nitrogen functional groups attached to an aromatic ring is 1. The van der Waals surface area contributed by atoms with Gasteiger partial charge in [0.25, 0.3) is 0 Å². The Bertz CT molecular complexity index is 541. The van der Waals surface area contributed by atoms with Gasteiger partial charge in [-0.05, 0) is 53.6 Å². The summed E-state index contributed by atoms with van der Waals surface area (Å²) in [6, 6.07) is 15.0. The van der Waals surface area contributed by atoms with Gasteiger partial charge in [0.2, 0.25) is 0 Å². The molecule has 0 spiro atoms. The summed E-state index contributed by atoms with van der Waals surface area (Å²) in [7, 11) is 0. The molecular weight excluding hydrogens is 218 g/mol. The molecule has 0 aliphatic rings. The van der Waals surface area contributed by atoms with Crippen molar-refractivity contribution in [2.24, 2.45) is 5.92 Å². The van der Waals surface area contributed by atoms with E-state index in [1.54, 1.807) is 0 Å². The first-order chi connectivity index (χ1) is 8.56. The molecule has 0 amide bonds. The maximum Gasteiger partial charge on any atom is 0.0344 e. The number of nitrogens with two attached hydrogens (primary N) is 1. The number of anilines is 1. The van der Waals surface area contributed by atoms with Gasteiger partial charge in [0.15, 0.2) is 0 Å². The van der Waals surface area contributed by atoms with Crippen LogP contribution in [0.25, 0.3) is 11.1 Å². The zero-order chi connectivity index (χ0) is 13.1.